The number of hydrogen-bond acceptors (Lipinski definition) is 4. The molecular formula is C17H17F2N3O3S. The van der Waals surface area contributed by atoms with Gasteiger partial charge in [-0.25, -0.2) is 22.2 Å². The zero-order valence-electron chi connectivity index (χ0n) is 13.7. The molecule has 1 amide bonds. The Bertz CT molecular complexity index is 886. The van der Waals surface area contributed by atoms with Crippen LogP contribution in [0.5, 0.6) is 0 Å². The number of rotatable bonds is 4. The highest BCUT2D eigenvalue weighted by Crippen LogP contribution is 2.27. The number of aromatic nitrogens is 1. The fourth-order valence-corrected chi connectivity index (χ4v) is 4.53. The third-order valence-corrected chi connectivity index (χ3v) is 6.11. The lowest BCUT2D eigenvalue weighted by Gasteiger charge is -2.31. The first-order chi connectivity index (χ1) is 12.4. The van der Waals surface area contributed by atoms with Gasteiger partial charge in [0.2, 0.25) is 15.9 Å². The summed E-state index contributed by atoms with van der Waals surface area (Å²) < 4.78 is 54.1. The number of anilines is 1. The third-order valence-electron chi connectivity index (χ3n) is 4.19. The van der Waals surface area contributed by atoms with Crippen LogP contribution < -0.4 is 5.32 Å². The van der Waals surface area contributed by atoms with Gasteiger partial charge < -0.3 is 5.32 Å². The van der Waals surface area contributed by atoms with Gasteiger partial charge in [0.15, 0.2) is 4.90 Å². The second kappa shape index (κ2) is 7.46. The zero-order chi connectivity index (χ0) is 18.7. The Kier molecular flexibility index (Phi) is 5.28. The summed E-state index contributed by atoms with van der Waals surface area (Å²) in [4.78, 5) is 15.4. The van der Waals surface area contributed by atoms with E-state index in [2.05, 4.69) is 10.3 Å². The minimum absolute atomic E-state index is 0.101. The molecule has 1 aromatic heterocycles. The van der Waals surface area contributed by atoms with Crippen molar-refractivity contribution < 1.29 is 22.0 Å². The molecule has 9 heteroatoms. The molecule has 1 fully saturated rings. The summed E-state index contributed by atoms with van der Waals surface area (Å²) in [7, 11) is -4.37. The Morgan fingerprint density at radius 3 is 2.54 bits per heavy atom. The monoisotopic (exact) mass is 381 g/mol. The Balaban J connectivity index is 1.78. The number of pyridine rings is 1. The van der Waals surface area contributed by atoms with Crippen molar-refractivity contribution in [2.75, 3.05) is 18.4 Å². The number of carbonyl (C=O) groups excluding carboxylic acids is 1. The predicted octanol–water partition coefficient (Wildman–Crippen LogP) is 2.40. The first-order valence-corrected chi connectivity index (χ1v) is 9.49. The highest BCUT2D eigenvalue weighted by atomic mass is 32.2. The lowest BCUT2D eigenvalue weighted by Crippen LogP contribution is -2.44. The Labute approximate surface area is 149 Å². The van der Waals surface area contributed by atoms with Crippen LogP contribution in [0.4, 0.5) is 14.6 Å². The Morgan fingerprint density at radius 2 is 1.88 bits per heavy atom. The minimum Gasteiger partial charge on any atom is -0.310 e. The van der Waals surface area contributed by atoms with E-state index in [0.717, 1.165) is 22.5 Å². The van der Waals surface area contributed by atoms with E-state index in [4.69, 9.17) is 0 Å². The number of benzene rings is 1. The van der Waals surface area contributed by atoms with Crippen LogP contribution in [0.2, 0.25) is 0 Å². The molecule has 1 aliphatic rings. The molecule has 6 nitrogen and oxygen atoms in total. The van der Waals surface area contributed by atoms with Crippen molar-refractivity contribution in [2.45, 2.75) is 17.7 Å². The molecule has 0 bridgehead atoms. The van der Waals surface area contributed by atoms with Crippen molar-refractivity contribution in [3.63, 3.8) is 0 Å². The van der Waals surface area contributed by atoms with Crippen molar-refractivity contribution in [1.82, 2.24) is 9.29 Å². The molecule has 26 heavy (non-hydrogen) atoms. The molecule has 1 atom stereocenters. The van der Waals surface area contributed by atoms with E-state index in [1.807, 2.05) is 0 Å². The molecule has 1 aromatic carbocycles. The Morgan fingerprint density at radius 1 is 1.15 bits per heavy atom. The van der Waals surface area contributed by atoms with Gasteiger partial charge in [0.25, 0.3) is 0 Å². The number of nitrogens with zero attached hydrogens (tertiary/aromatic N) is 2. The highest BCUT2D eigenvalue weighted by molar-refractivity contribution is 7.89. The van der Waals surface area contributed by atoms with Crippen LogP contribution in [0.3, 0.4) is 0 Å². The quantitative estimate of drug-likeness (QED) is 0.882. The lowest BCUT2D eigenvalue weighted by molar-refractivity contribution is -0.120. The van der Waals surface area contributed by atoms with Crippen molar-refractivity contribution in [2.24, 2.45) is 5.92 Å². The van der Waals surface area contributed by atoms with Gasteiger partial charge in [0, 0.05) is 19.3 Å². The summed E-state index contributed by atoms with van der Waals surface area (Å²) >= 11 is 0. The number of nitrogens with one attached hydrogen (secondary N) is 1. The first-order valence-electron chi connectivity index (χ1n) is 8.05. The van der Waals surface area contributed by atoms with E-state index >= 15 is 0 Å². The van der Waals surface area contributed by atoms with Gasteiger partial charge in [0.1, 0.15) is 17.5 Å². The van der Waals surface area contributed by atoms with Gasteiger partial charge >= 0.3 is 0 Å². The molecular weight excluding hydrogens is 364 g/mol. The van der Waals surface area contributed by atoms with Crippen LogP contribution in [0, 0.1) is 17.6 Å². The summed E-state index contributed by atoms with van der Waals surface area (Å²) in [6, 6.07) is 7.91. The summed E-state index contributed by atoms with van der Waals surface area (Å²) in [5, 5.41) is 2.63. The van der Waals surface area contributed by atoms with Crippen LogP contribution in [0.25, 0.3) is 0 Å². The summed E-state index contributed by atoms with van der Waals surface area (Å²) in [5.41, 5.74) is 0. The largest absolute Gasteiger partial charge is 0.310 e. The Hall–Kier alpha value is -2.39. The van der Waals surface area contributed by atoms with Gasteiger partial charge in [-0.15, -0.1) is 0 Å². The number of halogens is 2. The third kappa shape index (κ3) is 3.73. The van der Waals surface area contributed by atoms with E-state index in [9.17, 15) is 22.0 Å². The molecule has 1 saturated heterocycles. The van der Waals surface area contributed by atoms with Gasteiger partial charge in [-0.3, -0.25) is 4.79 Å². The van der Waals surface area contributed by atoms with Crippen molar-refractivity contribution in [3.05, 3.63) is 54.2 Å². The zero-order valence-corrected chi connectivity index (χ0v) is 14.5. The van der Waals surface area contributed by atoms with Crippen molar-refractivity contribution >= 4 is 21.7 Å². The molecule has 1 unspecified atom stereocenters. The summed E-state index contributed by atoms with van der Waals surface area (Å²) in [5.74, 6) is -2.94. The number of carbonyl (C=O) groups is 1. The first kappa shape index (κ1) is 18.4. The van der Waals surface area contributed by atoms with Gasteiger partial charge in [-0.1, -0.05) is 12.1 Å². The fourth-order valence-electron chi connectivity index (χ4n) is 2.90. The second-order valence-electron chi connectivity index (χ2n) is 5.96. The molecule has 0 aliphatic carbocycles. The van der Waals surface area contributed by atoms with E-state index in [-0.39, 0.29) is 19.0 Å². The van der Waals surface area contributed by atoms with Gasteiger partial charge in [-0.2, -0.15) is 4.31 Å². The van der Waals surface area contributed by atoms with Crippen molar-refractivity contribution in [3.8, 4) is 0 Å². The normalized spacial score (nSPS) is 18.5. The summed E-state index contributed by atoms with van der Waals surface area (Å²) in [6.07, 6.45) is 2.41. The standard InChI is InChI=1S/C17H17F2N3O3S/c18-13-6-3-7-14(19)16(13)26(24,25)22-10-4-5-12(11-22)17(23)21-15-8-1-2-9-20-15/h1-3,6-9,12H,4-5,10-11H2,(H,20,21,23). The summed E-state index contributed by atoms with van der Waals surface area (Å²) in [6.45, 7) is -0.0434. The van der Waals surface area contributed by atoms with Crippen LogP contribution in [-0.2, 0) is 14.8 Å². The molecule has 3 rings (SSSR count). The second-order valence-corrected chi connectivity index (χ2v) is 7.83. The van der Waals surface area contributed by atoms with Gasteiger partial charge in [-0.05, 0) is 37.1 Å². The van der Waals surface area contributed by atoms with Crippen molar-refractivity contribution in [1.29, 1.82) is 0 Å². The topological polar surface area (TPSA) is 79.4 Å². The molecule has 0 spiro atoms. The average Bonchev–Trinajstić information content (AvgIpc) is 2.62. The number of piperidine rings is 1. The molecule has 2 heterocycles. The molecule has 0 radical (unpaired) electrons. The van der Waals surface area contributed by atoms with E-state index in [1.54, 1.807) is 18.2 Å². The maximum atomic E-state index is 13.9. The maximum Gasteiger partial charge on any atom is 0.248 e. The maximum absolute atomic E-state index is 13.9. The highest BCUT2D eigenvalue weighted by Gasteiger charge is 2.36. The smallest absolute Gasteiger partial charge is 0.248 e. The number of hydrogen-bond donors (Lipinski definition) is 1. The van der Waals surface area contributed by atoms with Gasteiger partial charge in [0.05, 0.1) is 5.92 Å². The van der Waals surface area contributed by atoms with Crippen LogP contribution in [0.15, 0.2) is 47.5 Å². The lowest BCUT2D eigenvalue weighted by atomic mass is 9.99. The minimum atomic E-state index is -4.37. The predicted molar refractivity (Wildman–Crippen MR) is 90.7 cm³/mol. The van der Waals surface area contributed by atoms with Crippen LogP contribution in [0.1, 0.15) is 12.8 Å². The van der Waals surface area contributed by atoms with E-state index in [0.29, 0.717) is 18.7 Å². The van der Waals surface area contributed by atoms with Crippen LogP contribution >= 0.6 is 0 Å². The SMILES string of the molecule is O=C(Nc1ccccn1)C1CCCN(S(=O)(=O)c2c(F)cccc2F)C1. The molecule has 138 valence electrons. The van der Waals surface area contributed by atoms with Crippen LogP contribution in [-0.4, -0.2) is 36.7 Å². The number of amides is 1. The average molecular weight is 381 g/mol. The number of sulfonamides is 1. The fraction of sp³-hybridized carbons (Fsp3) is 0.294. The molecule has 2 aromatic rings. The van der Waals surface area contributed by atoms with E-state index < -0.39 is 32.5 Å². The van der Waals surface area contributed by atoms with E-state index in [1.165, 1.54) is 6.20 Å². The molecule has 1 aliphatic heterocycles. The molecule has 0 saturated carbocycles. The molecule has 1 N–H and O–H groups in total.